The zero-order chi connectivity index (χ0) is 29.5. The highest BCUT2D eigenvalue weighted by atomic mass is 79.9. The number of hydrogen-bond acceptors (Lipinski definition) is 7. The lowest BCUT2D eigenvalue weighted by molar-refractivity contribution is -0.137. The van der Waals surface area contributed by atoms with Gasteiger partial charge in [-0.2, -0.15) is 18.3 Å². The number of aromatic nitrogens is 4. The number of aliphatic hydroxyl groups is 1. The Morgan fingerprint density at radius 3 is 2.40 bits per heavy atom. The Balaban J connectivity index is 1.85. The number of anilines is 2. The van der Waals surface area contributed by atoms with Crippen LogP contribution in [0.1, 0.15) is 45.1 Å². The summed E-state index contributed by atoms with van der Waals surface area (Å²) in [6, 6.07) is 2.75. The maximum absolute atomic E-state index is 15.4. The van der Waals surface area contributed by atoms with Crippen LogP contribution < -0.4 is 10.0 Å². The lowest BCUT2D eigenvalue weighted by Crippen LogP contribution is -2.37. The second-order valence-electron chi connectivity index (χ2n) is 10.5. The highest BCUT2D eigenvalue weighted by molar-refractivity contribution is 9.09. The van der Waals surface area contributed by atoms with Crippen LogP contribution in [0.3, 0.4) is 0 Å². The third-order valence-corrected chi connectivity index (χ3v) is 8.49. The Bertz CT molecular complexity index is 1470. The van der Waals surface area contributed by atoms with E-state index in [1.165, 1.54) is 41.9 Å². The fourth-order valence-electron chi connectivity index (χ4n) is 4.77. The molecule has 0 amide bonds. The van der Waals surface area contributed by atoms with Crippen LogP contribution in [-0.4, -0.2) is 50.2 Å². The summed E-state index contributed by atoms with van der Waals surface area (Å²) in [6.45, 7) is 3.10. The van der Waals surface area contributed by atoms with Crippen LogP contribution in [0.5, 0.6) is 0 Å². The summed E-state index contributed by atoms with van der Waals surface area (Å²) in [7, 11) is -4.19. The molecule has 1 aliphatic carbocycles. The first-order chi connectivity index (χ1) is 18.6. The molecule has 0 atom stereocenters. The van der Waals surface area contributed by atoms with E-state index in [9.17, 15) is 26.7 Å². The molecule has 1 aliphatic rings. The maximum atomic E-state index is 15.4. The summed E-state index contributed by atoms with van der Waals surface area (Å²) in [5.41, 5.74) is -2.78. The molecule has 0 unspecified atom stereocenters. The lowest BCUT2D eigenvalue weighted by atomic mass is 9.86. The monoisotopic (exact) mass is 648 g/mol. The van der Waals surface area contributed by atoms with Crippen molar-refractivity contribution in [1.29, 1.82) is 0 Å². The van der Waals surface area contributed by atoms with E-state index in [2.05, 4.69) is 31.0 Å². The van der Waals surface area contributed by atoms with Crippen molar-refractivity contribution in [3.63, 3.8) is 0 Å². The number of sulfonamides is 1. The summed E-state index contributed by atoms with van der Waals surface area (Å²) in [6.07, 6.45) is 1.12. The van der Waals surface area contributed by atoms with Gasteiger partial charge in [-0.05, 0) is 63.6 Å². The van der Waals surface area contributed by atoms with Crippen LogP contribution in [0, 0.1) is 11.7 Å². The second-order valence-corrected chi connectivity index (χ2v) is 12.7. The van der Waals surface area contributed by atoms with Gasteiger partial charge < -0.3 is 10.0 Å². The minimum atomic E-state index is -4.80. The van der Waals surface area contributed by atoms with Crippen molar-refractivity contribution in [2.45, 2.75) is 68.8 Å². The first-order valence-corrected chi connectivity index (χ1v) is 15.1. The lowest BCUT2D eigenvalue weighted by Gasteiger charge is -2.37. The summed E-state index contributed by atoms with van der Waals surface area (Å²) < 4.78 is 82.4. The number of alkyl halides is 4. The van der Waals surface area contributed by atoms with E-state index in [1.54, 1.807) is 0 Å². The minimum Gasteiger partial charge on any atom is -0.389 e. The number of rotatable bonds is 8. The quantitative estimate of drug-likeness (QED) is 0.260. The first kappa shape index (κ1) is 30.3. The van der Waals surface area contributed by atoms with Crippen molar-refractivity contribution < 1.29 is 31.1 Å². The maximum Gasteiger partial charge on any atom is 0.419 e. The van der Waals surface area contributed by atoms with Crippen LogP contribution in [0.15, 0.2) is 41.7 Å². The van der Waals surface area contributed by atoms with Crippen LogP contribution in [-0.2, 0) is 22.7 Å². The smallest absolute Gasteiger partial charge is 0.389 e. The normalized spacial score (nSPS) is 18.6. The van der Waals surface area contributed by atoms with Gasteiger partial charge in [0.2, 0.25) is 16.0 Å². The summed E-state index contributed by atoms with van der Waals surface area (Å²) in [5, 5.41) is 20.1. The zero-order valence-electron chi connectivity index (χ0n) is 21.7. The molecule has 1 aromatic carbocycles. The average Bonchev–Trinajstić information content (AvgIpc) is 3.31. The molecule has 15 heteroatoms. The van der Waals surface area contributed by atoms with E-state index >= 15 is 4.39 Å². The Labute approximate surface area is 237 Å². The van der Waals surface area contributed by atoms with E-state index < -0.39 is 43.8 Å². The molecular formula is C25H29BrF4N6O3S. The minimum absolute atomic E-state index is 0.0246. The Morgan fingerprint density at radius 1 is 1.18 bits per heavy atom. The molecule has 0 bridgehead atoms. The van der Waals surface area contributed by atoms with Crippen LogP contribution >= 0.6 is 15.9 Å². The van der Waals surface area contributed by atoms with Crippen molar-refractivity contribution in [1.82, 2.24) is 19.7 Å². The highest BCUT2D eigenvalue weighted by Crippen LogP contribution is 2.40. The SMILES string of the molecule is CC(C)(O)Cn1cc(-c2nc(N(c3ccc(S(N)(=O)=O)cc3F)C3CCC(CBr)CC3)ncc2C(F)(F)F)cn1. The van der Waals surface area contributed by atoms with Gasteiger partial charge in [0.1, 0.15) is 11.4 Å². The van der Waals surface area contributed by atoms with E-state index in [-0.39, 0.29) is 29.8 Å². The van der Waals surface area contributed by atoms with Gasteiger partial charge >= 0.3 is 6.18 Å². The van der Waals surface area contributed by atoms with E-state index in [1.807, 2.05) is 0 Å². The molecule has 1 fully saturated rings. The van der Waals surface area contributed by atoms with Crippen molar-refractivity contribution in [2.24, 2.45) is 11.1 Å². The second kappa shape index (κ2) is 11.3. The Kier molecular flexibility index (Phi) is 8.60. The van der Waals surface area contributed by atoms with E-state index in [4.69, 9.17) is 5.14 Å². The van der Waals surface area contributed by atoms with Crippen LogP contribution in [0.25, 0.3) is 11.3 Å². The van der Waals surface area contributed by atoms with Gasteiger partial charge in [0, 0.05) is 29.3 Å². The Hall–Kier alpha value is -2.62. The third kappa shape index (κ3) is 6.98. The largest absolute Gasteiger partial charge is 0.419 e. The molecule has 4 rings (SSSR count). The van der Waals surface area contributed by atoms with Gasteiger partial charge in [-0.3, -0.25) is 4.68 Å². The zero-order valence-corrected chi connectivity index (χ0v) is 24.1. The highest BCUT2D eigenvalue weighted by Gasteiger charge is 2.37. The molecule has 3 N–H and O–H groups in total. The molecule has 0 aliphatic heterocycles. The van der Waals surface area contributed by atoms with Crippen molar-refractivity contribution in [3.8, 4) is 11.3 Å². The molecule has 9 nitrogen and oxygen atoms in total. The predicted octanol–water partition coefficient (Wildman–Crippen LogP) is 5.01. The molecular weight excluding hydrogens is 620 g/mol. The number of nitrogens with zero attached hydrogens (tertiary/aromatic N) is 5. The predicted molar refractivity (Wildman–Crippen MR) is 144 cm³/mol. The summed E-state index contributed by atoms with van der Waals surface area (Å²) in [4.78, 5) is 9.28. The van der Waals surface area contributed by atoms with Crippen molar-refractivity contribution in [3.05, 3.63) is 48.2 Å². The molecule has 3 aromatic rings. The van der Waals surface area contributed by atoms with Gasteiger partial charge in [-0.15, -0.1) is 0 Å². The number of nitrogens with two attached hydrogens (primary N) is 1. The molecule has 218 valence electrons. The number of primary sulfonamides is 1. The van der Waals surface area contributed by atoms with Crippen molar-refractivity contribution >= 4 is 37.6 Å². The van der Waals surface area contributed by atoms with E-state index in [0.29, 0.717) is 25.0 Å². The van der Waals surface area contributed by atoms with Gasteiger partial charge in [-0.1, -0.05) is 15.9 Å². The molecule has 1 saturated carbocycles. The molecule has 40 heavy (non-hydrogen) atoms. The molecule has 0 spiro atoms. The molecule has 2 aromatic heterocycles. The molecule has 0 radical (unpaired) electrons. The molecule has 0 saturated heterocycles. The number of benzene rings is 1. The van der Waals surface area contributed by atoms with Gasteiger partial charge in [-0.25, -0.2) is 27.9 Å². The summed E-state index contributed by atoms with van der Waals surface area (Å²) in [5.74, 6) is -0.724. The fourth-order valence-corrected chi connectivity index (χ4v) is 5.94. The van der Waals surface area contributed by atoms with E-state index in [0.717, 1.165) is 30.3 Å². The number of halogens is 5. The molecule has 2 heterocycles. The van der Waals surface area contributed by atoms with Crippen molar-refractivity contribution in [2.75, 3.05) is 10.2 Å². The third-order valence-electron chi connectivity index (χ3n) is 6.66. The van der Waals surface area contributed by atoms with Gasteiger partial charge in [0.05, 0.1) is 34.6 Å². The average molecular weight is 650 g/mol. The Morgan fingerprint density at radius 2 is 1.85 bits per heavy atom. The van der Waals surface area contributed by atoms with Crippen LogP contribution in [0.2, 0.25) is 0 Å². The summed E-state index contributed by atoms with van der Waals surface area (Å²) >= 11 is 3.48. The van der Waals surface area contributed by atoms with Gasteiger partial charge in [0.15, 0.2) is 0 Å². The first-order valence-electron chi connectivity index (χ1n) is 12.4. The van der Waals surface area contributed by atoms with Crippen LogP contribution in [0.4, 0.5) is 29.2 Å². The van der Waals surface area contributed by atoms with Gasteiger partial charge in [0.25, 0.3) is 0 Å². The fraction of sp³-hybridized carbons (Fsp3) is 0.480. The number of hydrogen-bond donors (Lipinski definition) is 2. The topological polar surface area (TPSA) is 127 Å². The standard InChI is InChI=1S/C25H29BrF4N6O3S/c1-24(2,37)14-35-13-16(11-33-35)22-19(25(28,29)30)12-32-23(34-22)36(17-5-3-15(10-26)4-6-17)21-8-7-18(9-20(21)27)40(31,38)39/h7-9,11-13,15,17,37H,3-6,10,14H2,1-2H3,(H2,31,38,39).